The highest BCUT2D eigenvalue weighted by atomic mass is 16.2. The number of hydrogen-bond acceptors (Lipinski definition) is 3. The van der Waals surface area contributed by atoms with Gasteiger partial charge in [-0.3, -0.25) is 4.98 Å². The lowest BCUT2D eigenvalue weighted by atomic mass is 10.0. The monoisotopic (exact) mass is 374 g/mol. The average molecular weight is 374 g/mol. The third kappa shape index (κ3) is 4.09. The van der Waals surface area contributed by atoms with Crippen molar-refractivity contribution in [1.29, 1.82) is 0 Å². The van der Waals surface area contributed by atoms with E-state index in [2.05, 4.69) is 44.8 Å². The quantitative estimate of drug-likeness (QED) is 0.702. The second-order valence-electron chi connectivity index (χ2n) is 7.53. The van der Waals surface area contributed by atoms with Crippen LogP contribution >= 0.6 is 0 Å². The number of aromatic nitrogens is 1. The van der Waals surface area contributed by atoms with Crippen molar-refractivity contribution in [3.8, 4) is 0 Å². The predicted octanol–water partition coefficient (Wildman–Crippen LogP) is 4.64. The van der Waals surface area contributed by atoms with Crippen molar-refractivity contribution in [1.82, 2.24) is 10.3 Å². The van der Waals surface area contributed by atoms with Gasteiger partial charge in [-0.15, -0.1) is 0 Å². The van der Waals surface area contributed by atoms with Gasteiger partial charge in [0.15, 0.2) is 0 Å². The van der Waals surface area contributed by atoms with Crippen LogP contribution in [0.2, 0.25) is 0 Å². The average Bonchev–Trinajstić information content (AvgIpc) is 2.70. The lowest BCUT2D eigenvalue weighted by molar-refractivity contribution is 0.246. The fraction of sp³-hybridized carbons (Fsp3) is 0.304. The highest BCUT2D eigenvalue weighted by Crippen LogP contribution is 2.29. The van der Waals surface area contributed by atoms with Crippen molar-refractivity contribution in [2.75, 3.05) is 23.3 Å². The molecule has 2 N–H and O–H groups in total. The molecule has 5 nitrogen and oxygen atoms in total. The van der Waals surface area contributed by atoms with Crippen LogP contribution < -0.4 is 15.5 Å². The molecule has 0 bridgehead atoms. The zero-order chi connectivity index (χ0) is 19.5. The molecule has 28 heavy (non-hydrogen) atoms. The van der Waals surface area contributed by atoms with E-state index in [0.717, 1.165) is 42.8 Å². The molecule has 5 heteroatoms. The van der Waals surface area contributed by atoms with Crippen LogP contribution in [0.3, 0.4) is 0 Å². The van der Waals surface area contributed by atoms with E-state index in [9.17, 15) is 4.79 Å². The number of piperidine rings is 1. The van der Waals surface area contributed by atoms with Crippen molar-refractivity contribution in [2.24, 2.45) is 0 Å². The van der Waals surface area contributed by atoms with Crippen molar-refractivity contribution in [2.45, 2.75) is 32.7 Å². The lowest BCUT2D eigenvalue weighted by Crippen LogP contribution is -2.46. The molecule has 4 rings (SSSR count). The van der Waals surface area contributed by atoms with Crippen molar-refractivity contribution in [3.05, 3.63) is 65.9 Å². The third-order valence-corrected chi connectivity index (χ3v) is 5.30. The Kier molecular flexibility index (Phi) is 5.15. The molecule has 1 saturated heterocycles. The second-order valence-corrected chi connectivity index (χ2v) is 7.53. The Bertz CT molecular complexity index is 976. The fourth-order valence-corrected chi connectivity index (χ4v) is 3.80. The molecule has 144 valence electrons. The Balaban J connectivity index is 1.37. The number of hydrogen-bond donors (Lipinski definition) is 2. The Morgan fingerprint density at radius 3 is 2.50 bits per heavy atom. The first kappa shape index (κ1) is 18.3. The summed E-state index contributed by atoms with van der Waals surface area (Å²) in [6.45, 7) is 5.91. The number of para-hydroxylation sites is 1. The van der Waals surface area contributed by atoms with E-state index in [1.165, 1.54) is 16.6 Å². The molecule has 3 aromatic rings. The summed E-state index contributed by atoms with van der Waals surface area (Å²) in [7, 11) is 0. The molecule has 2 heterocycles. The molecular formula is C23H26N4O. The molecular weight excluding hydrogens is 348 g/mol. The SMILES string of the molecule is Cc1ccc(NC(=O)NC2CCN(c3cc(C)nc4ccccc34)CC2)cc1. The van der Waals surface area contributed by atoms with Gasteiger partial charge < -0.3 is 15.5 Å². The number of pyridine rings is 1. The van der Waals surface area contributed by atoms with Gasteiger partial charge in [0.25, 0.3) is 0 Å². The topological polar surface area (TPSA) is 57.3 Å². The smallest absolute Gasteiger partial charge is 0.319 e. The maximum atomic E-state index is 12.3. The summed E-state index contributed by atoms with van der Waals surface area (Å²) in [6, 6.07) is 18.4. The summed E-state index contributed by atoms with van der Waals surface area (Å²) < 4.78 is 0. The van der Waals surface area contributed by atoms with Gasteiger partial charge in [-0.2, -0.15) is 0 Å². The molecule has 2 amide bonds. The van der Waals surface area contributed by atoms with E-state index in [1.807, 2.05) is 44.2 Å². The normalized spacial score (nSPS) is 14.9. The van der Waals surface area contributed by atoms with Crippen molar-refractivity contribution >= 4 is 28.3 Å². The van der Waals surface area contributed by atoms with E-state index in [-0.39, 0.29) is 12.1 Å². The summed E-state index contributed by atoms with van der Waals surface area (Å²) >= 11 is 0. The van der Waals surface area contributed by atoms with Crippen LogP contribution in [0.25, 0.3) is 10.9 Å². The van der Waals surface area contributed by atoms with Gasteiger partial charge in [-0.25, -0.2) is 4.79 Å². The molecule has 0 atom stereocenters. The highest BCUT2D eigenvalue weighted by molar-refractivity contribution is 5.92. The predicted molar refractivity (Wildman–Crippen MR) is 115 cm³/mol. The van der Waals surface area contributed by atoms with Crippen LogP contribution in [0.4, 0.5) is 16.2 Å². The van der Waals surface area contributed by atoms with Crippen molar-refractivity contribution in [3.63, 3.8) is 0 Å². The summed E-state index contributed by atoms with van der Waals surface area (Å²) in [5.74, 6) is 0. The Morgan fingerprint density at radius 2 is 1.75 bits per heavy atom. The maximum absolute atomic E-state index is 12.3. The van der Waals surface area contributed by atoms with E-state index in [0.29, 0.717) is 0 Å². The van der Waals surface area contributed by atoms with Gasteiger partial charge in [0.1, 0.15) is 0 Å². The number of nitrogens with zero attached hydrogens (tertiary/aromatic N) is 2. The number of carbonyl (C=O) groups is 1. The van der Waals surface area contributed by atoms with Crippen LogP contribution in [0.5, 0.6) is 0 Å². The summed E-state index contributed by atoms with van der Waals surface area (Å²) in [5.41, 5.74) is 5.31. The van der Waals surface area contributed by atoms with E-state index in [1.54, 1.807) is 0 Å². The molecule has 1 fully saturated rings. The molecule has 0 aliphatic carbocycles. The minimum Gasteiger partial charge on any atom is -0.371 e. The Morgan fingerprint density at radius 1 is 1.04 bits per heavy atom. The zero-order valence-corrected chi connectivity index (χ0v) is 16.4. The molecule has 0 radical (unpaired) electrons. The number of aryl methyl sites for hydroxylation is 2. The van der Waals surface area contributed by atoms with Gasteiger partial charge in [0, 0.05) is 41.6 Å². The van der Waals surface area contributed by atoms with Crippen LogP contribution in [0.15, 0.2) is 54.6 Å². The third-order valence-electron chi connectivity index (χ3n) is 5.30. The van der Waals surface area contributed by atoms with Gasteiger partial charge in [0.2, 0.25) is 0 Å². The Labute approximate surface area is 165 Å². The molecule has 1 aromatic heterocycles. The first-order valence-corrected chi connectivity index (χ1v) is 9.84. The van der Waals surface area contributed by atoms with Gasteiger partial charge >= 0.3 is 6.03 Å². The van der Waals surface area contributed by atoms with E-state index < -0.39 is 0 Å². The number of anilines is 2. The van der Waals surface area contributed by atoms with Crippen LogP contribution in [0.1, 0.15) is 24.1 Å². The summed E-state index contributed by atoms with van der Waals surface area (Å²) in [5, 5.41) is 7.22. The number of nitrogens with one attached hydrogen (secondary N) is 2. The number of urea groups is 1. The first-order valence-electron chi connectivity index (χ1n) is 9.84. The summed E-state index contributed by atoms with van der Waals surface area (Å²) in [6.07, 6.45) is 1.86. The summed E-state index contributed by atoms with van der Waals surface area (Å²) in [4.78, 5) is 19.3. The minimum atomic E-state index is -0.132. The lowest BCUT2D eigenvalue weighted by Gasteiger charge is -2.34. The van der Waals surface area contributed by atoms with Gasteiger partial charge in [0.05, 0.1) is 5.52 Å². The molecule has 0 saturated carbocycles. The Hall–Kier alpha value is -3.08. The number of carbonyl (C=O) groups excluding carboxylic acids is 1. The van der Waals surface area contributed by atoms with Crippen LogP contribution in [-0.2, 0) is 0 Å². The minimum absolute atomic E-state index is 0.132. The number of amides is 2. The fourth-order valence-electron chi connectivity index (χ4n) is 3.80. The number of fused-ring (bicyclic) bond motifs is 1. The molecule has 1 aliphatic heterocycles. The van der Waals surface area contributed by atoms with E-state index in [4.69, 9.17) is 0 Å². The molecule has 0 spiro atoms. The second kappa shape index (κ2) is 7.89. The van der Waals surface area contributed by atoms with Gasteiger partial charge in [-0.1, -0.05) is 35.9 Å². The highest BCUT2D eigenvalue weighted by Gasteiger charge is 2.22. The standard InChI is InChI=1S/C23H26N4O/c1-16-7-9-18(10-8-16)25-23(28)26-19-11-13-27(14-12-19)22-15-17(2)24-21-6-4-3-5-20(21)22/h3-10,15,19H,11-14H2,1-2H3,(H2,25,26,28). The van der Waals surface area contributed by atoms with Crippen LogP contribution in [-0.4, -0.2) is 30.1 Å². The van der Waals surface area contributed by atoms with Gasteiger partial charge in [-0.05, 0) is 51.0 Å². The molecule has 2 aromatic carbocycles. The van der Waals surface area contributed by atoms with Crippen molar-refractivity contribution < 1.29 is 4.79 Å². The number of rotatable bonds is 3. The van der Waals surface area contributed by atoms with Crippen LogP contribution in [0, 0.1) is 13.8 Å². The molecule has 0 unspecified atom stereocenters. The zero-order valence-electron chi connectivity index (χ0n) is 16.4. The number of benzene rings is 2. The molecule has 1 aliphatic rings. The van der Waals surface area contributed by atoms with E-state index >= 15 is 0 Å². The largest absolute Gasteiger partial charge is 0.371 e. The first-order chi connectivity index (χ1) is 13.6. The maximum Gasteiger partial charge on any atom is 0.319 e.